The average Bonchev–Trinajstić information content (AvgIpc) is 2.83. The maximum Gasteiger partial charge on any atom is 0.417 e. The van der Waals surface area contributed by atoms with Gasteiger partial charge in [-0.2, -0.15) is 0 Å². The van der Waals surface area contributed by atoms with Gasteiger partial charge in [-0.15, -0.1) is 11.8 Å². The van der Waals surface area contributed by atoms with Crippen molar-refractivity contribution in [3.63, 3.8) is 0 Å². The Balaban J connectivity index is 1.41. The number of aromatic nitrogens is 1. The SMILES string of the molecule is CSc1ccccc1-c1ccccc1NC(=O)Oc1ccc2nc3ccc(=O)cc-3oc2c1. The van der Waals surface area contributed by atoms with Gasteiger partial charge in [0.25, 0.3) is 0 Å². The Morgan fingerprint density at radius 3 is 2.58 bits per heavy atom. The Morgan fingerprint density at radius 1 is 0.939 bits per heavy atom. The van der Waals surface area contributed by atoms with Crippen molar-refractivity contribution in [2.24, 2.45) is 0 Å². The molecular formula is C26H18N2O4S. The van der Waals surface area contributed by atoms with Crippen LogP contribution in [0.25, 0.3) is 33.7 Å². The molecule has 0 fully saturated rings. The van der Waals surface area contributed by atoms with Gasteiger partial charge in [0.1, 0.15) is 17.0 Å². The predicted molar refractivity (Wildman–Crippen MR) is 130 cm³/mol. The van der Waals surface area contributed by atoms with Crippen molar-refractivity contribution >= 4 is 34.6 Å². The second-order valence-corrected chi connectivity index (χ2v) is 8.08. The molecule has 0 saturated heterocycles. The summed E-state index contributed by atoms with van der Waals surface area (Å²) in [6.07, 6.45) is 1.39. The van der Waals surface area contributed by atoms with Crippen molar-refractivity contribution in [2.75, 3.05) is 11.6 Å². The molecule has 0 unspecified atom stereocenters. The number of ether oxygens (including phenoxy) is 1. The molecule has 0 aromatic heterocycles. The van der Waals surface area contributed by atoms with Crippen molar-refractivity contribution in [3.05, 3.63) is 95.2 Å². The lowest BCUT2D eigenvalue weighted by Gasteiger charge is -2.14. The summed E-state index contributed by atoms with van der Waals surface area (Å²) in [7, 11) is 0. The number of hydrogen-bond donors (Lipinski definition) is 1. The van der Waals surface area contributed by atoms with E-state index >= 15 is 0 Å². The quantitative estimate of drug-likeness (QED) is 0.254. The van der Waals surface area contributed by atoms with E-state index in [1.807, 2.05) is 54.8 Å². The highest BCUT2D eigenvalue weighted by molar-refractivity contribution is 7.98. The molecular weight excluding hydrogens is 436 g/mol. The minimum atomic E-state index is -0.626. The number of nitrogens with zero attached hydrogens (tertiary/aromatic N) is 1. The molecule has 6 nitrogen and oxygen atoms in total. The number of nitrogens with one attached hydrogen (secondary N) is 1. The first kappa shape index (κ1) is 20.8. The summed E-state index contributed by atoms with van der Waals surface area (Å²) in [5, 5.41) is 2.84. The molecule has 2 aliphatic rings. The van der Waals surface area contributed by atoms with Crippen molar-refractivity contribution in [2.45, 2.75) is 4.90 Å². The van der Waals surface area contributed by atoms with Gasteiger partial charge in [-0.3, -0.25) is 10.1 Å². The van der Waals surface area contributed by atoms with Gasteiger partial charge < -0.3 is 9.15 Å². The number of thioether (sulfide) groups is 1. The van der Waals surface area contributed by atoms with Crippen LogP contribution >= 0.6 is 11.8 Å². The van der Waals surface area contributed by atoms with Gasteiger partial charge in [0.15, 0.2) is 16.8 Å². The molecule has 1 aliphatic heterocycles. The van der Waals surface area contributed by atoms with Crippen molar-refractivity contribution in [1.82, 2.24) is 4.98 Å². The molecule has 3 aromatic carbocycles. The summed E-state index contributed by atoms with van der Waals surface area (Å²) >= 11 is 1.64. The van der Waals surface area contributed by atoms with E-state index < -0.39 is 6.09 Å². The topological polar surface area (TPSA) is 81.4 Å². The molecule has 1 amide bonds. The van der Waals surface area contributed by atoms with Gasteiger partial charge in [-0.1, -0.05) is 36.4 Å². The van der Waals surface area contributed by atoms with Crippen LogP contribution in [-0.4, -0.2) is 17.3 Å². The molecule has 33 heavy (non-hydrogen) atoms. The number of amides is 1. The minimum Gasteiger partial charge on any atom is -0.453 e. The third-order valence-electron chi connectivity index (χ3n) is 5.09. The van der Waals surface area contributed by atoms with Crippen molar-refractivity contribution < 1.29 is 13.9 Å². The Bertz CT molecular complexity index is 1510. The molecule has 1 N–H and O–H groups in total. The number of para-hydroxylation sites is 1. The number of anilines is 1. The standard InChI is InChI=1S/C26H18N2O4S/c1-33-25-9-5-3-7-19(25)18-6-2-4-8-20(18)28-26(30)31-17-11-13-22-24(15-17)32-23-14-16(29)10-12-21(23)27-22/h2-15H,1H3,(H,28,30). The van der Waals surface area contributed by atoms with E-state index in [1.54, 1.807) is 36.0 Å². The molecule has 1 aliphatic carbocycles. The Labute approximate surface area is 193 Å². The molecule has 0 saturated carbocycles. The van der Waals surface area contributed by atoms with Crippen LogP contribution in [0, 0.1) is 0 Å². The van der Waals surface area contributed by atoms with Crippen LogP contribution in [0.5, 0.6) is 5.75 Å². The first-order valence-electron chi connectivity index (χ1n) is 10.2. The number of benzene rings is 4. The Kier molecular flexibility index (Phi) is 5.54. The summed E-state index contributed by atoms with van der Waals surface area (Å²) in [4.78, 5) is 29.9. The number of hydrogen-bond acceptors (Lipinski definition) is 6. The highest BCUT2D eigenvalue weighted by Gasteiger charge is 2.14. The summed E-state index contributed by atoms with van der Waals surface area (Å²) in [6.45, 7) is 0. The van der Waals surface area contributed by atoms with Gasteiger partial charge in [0, 0.05) is 22.6 Å². The highest BCUT2D eigenvalue weighted by atomic mass is 32.2. The first-order valence-corrected chi connectivity index (χ1v) is 11.4. The second-order valence-electron chi connectivity index (χ2n) is 7.23. The Hall–Kier alpha value is -4.10. The number of rotatable bonds is 4. The fourth-order valence-electron chi connectivity index (χ4n) is 3.59. The summed E-state index contributed by atoms with van der Waals surface area (Å²) in [6, 6.07) is 25.0. The summed E-state index contributed by atoms with van der Waals surface area (Å²) < 4.78 is 11.3. The van der Waals surface area contributed by atoms with Crippen molar-refractivity contribution in [1.29, 1.82) is 0 Å². The van der Waals surface area contributed by atoms with Gasteiger partial charge in [0.2, 0.25) is 0 Å². The fourth-order valence-corrected chi connectivity index (χ4v) is 4.20. The zero-order valence-electron chi connectivity index (χ0n) is 17.6. The lowest BCUT2D eigenvalue weighted by atomic mass is 10.0. The zero-order valence-corrected chi connectivity index (χ0v) is 18.4. The minimum absolute atomic E-state index is 0.166. The van der Waals surface area contributed by atoms with Gasteiger partial charge in [-0.05, 0) is 48.2 Å². The van der Waals surface area contributed by atoms with Crippen LogP contribution in [0.1, 0.15) is 0 Å². The lowest BCUT2D eigenvalue weighted by Crippen LogP contribution is -2.17. The largest absolute Gasteiger partial charge is 0.453 e. The number of fused-ring (bicyclic) bond motifs is 2. The fraction of sp³-hybridized carbons (Fsp3) is 0.0385. The Morgan fingerprint density at radius 2 is 1.73 bits per heavy atom. The van der Waals surface area contributed by atoms with Crippen LogP contribution in [-0.2, 0) is 0 Å². The normalized spacial score (nSPS) is 10.9. The maximum atomic E-state index is 12.7. The van der Waals surface area contributed by atoms with Crippen molar-refractivity contribution in [3.8, 4) is 28.3 Å². The molecule has 0 spiro atoms. The molecule has 1 heterocycles. The highest BCUT2D eigenvalue weighted by Crippen LogP contribution is 2.35. The van der Waals surface area contributed by atoms with Crippen LogP contribution in [0.15, 0.2) is 99.0 Å². The van der Waals surface area contributed by atoms with Gasteiger partial charge in [0.05, 0.1) is 5.69 Å². The van der Waals surface area contributed by atoms with Gasteiger partial charge in [-0.25, -0.2) is 9.78 Å². The molecule has 3 aromatic rings. The average molecular weight is 455 g/mol. The van der Waals surface area contributed by atoms with E-state index in [-0.39, 0.29) is 5.43 Å². The van der Waals surface area contributed by atoms with Crippen LogP contribution < -0.4 is 15.5 Å². The first-order chi connectivity index (χ1) is 16.1. The van der Waals surface area contributed by atoms with E-state index in [0.29, 0.717) is 34.0 Å². The van der Waals surface area contributed by atoms with E-state index in [9.17, 15) is 9.59 Å². The van der Waals surface area contributed by atoms with E-state index in [4.69, 9.17) is 9.15 Å². The van der Waals surface area contributed by atoms with E-state index in [2.05, 4.69) is 10.3 Å². The lowest BCUT2D eigenvalue weighted by molar-refractivity contribution is 0.215. The van der Waals surface area contributed by atoms with E-state index in [0.717, 1.165) is 16.0 Å². The third kappa shape index (κ3) is 4.31. The molecule has 5 rings (SSSR count). The second kappa shape index (κ2) is 8.80. The molecule has 0 radical (unpaired) electrons. The molecule has 0 atom stereocenters. The third-order valence-corrected chi connectivity index (χ3v) is 5.89. The monoisotopic (exact) mass is 454 g/mol. The van der Waals surface area contributed by atoms with Crippen LogP contribution in [0.4, 0.5) is 10.5 Å². The summed E-state index contributed by atoms with van der Waals surface area (Å²) in [5.74, 6) is 0.670. The van der Waals surface area contributed by atoms with Crippen LogP contribution in [0.2, 0.25) is 0 Å². The predicted octanol–water partition coefficient (Wildman–Crippen LogP) is 6.29. The molecule has 0 bridgehead atoms. The smallest absolute Gasteiger partial charge is 0.417 e. The zero-order chi connectivity index (χ0) is 22.8. The van der Waals surface area contributed by atoms with E-state index in [1.165, 1.54) is 12.1 Å². The van der Waals surface area contributed by atoms with Crippen LogP contribution in [0.3, 0.4) is 0 Å². The summed E-state index contributed by atoms with van der Waals surface area (Å²) in [5.41, 5.74) is 3.99. The molecule has 7 heteroatoms. The maximum absolute atomic E-state index is 12.7. The van der Waals surface area contributed by atoms with Gasteiger partial charge >= 0.3 is 6.09 Å². The number of carbonyl (C=O) groups is 1. The number of carbonyl (C=O) groups excluding carboxylic acids is 1. The molecule has 162 valence electrons.